The summed E-state index contributed by atoms with van der Waals surface area (Å²) in [4.78, 5) is 4.68. The van der Waals surface area contributed by atoms with Crippen molar-refractivity contribution in [3.05, 3.63) is 71.9 Å². The van der Waals surface area contributed by atoms with Gasteiger partial charge in [-0.2, -0.15) is 0 Å². The van der Waals surface area contributed by atoms with E-state index >= 15 is 0 Å². The number of ether oxygens (including phenoxy) is 1. The average Bonchev–Trinajstić information content (AvgIpc) is 2.68. The smallest absolute Gasteiger partial charge is 0.198 e. The molecule has 134 valence electrons. The number of nitrogens with zero attached hydrogens (tertiary/aromatic N) is 1. The lowest BCUT2D eigenvalue weighted by Crippen LogP contribution is -2.40. The highest BCUT2D eigenvalue weighted by atomic mass is 16.5. The van der Waals surface area contributed by atoms with Crippen LogP contribution in [0.15, 0.2) is 60.7 Å². The van der Waals surface area contributed by atoms with Crippen LogP contribution < -0.4 is 10.5 Å². The van der Waals surface area contributed by atoms with Crippen molar-refractivity contribution in [1.82, 2.24) is 4.98 Å². The van der Waals surface area contributed by atoms with Gasteiger partial charge < -0.3 is 4.74 Å². The molecule has 0 aliphatic heterocycles. The van der Waals surface area contributed by atoms with Gasteiger partial charge in [-0.15, -0.1) is 0 Å². The second-order valence-corrected chi connectivity index (χ2v) is 7.50. The first-order valence-corrected chi connectivity index (χ1v) is 9.56. The maximum absolute atomic E-state index is 6.46. The summed E-state index contributed by atoms with van der Waals surface area (Å²) in [6, 6.07) is 20.5. The third-order valence-electron chi connectivity index (χ3n) is 5.39. The first-order chi connectivity index (χ1) is 12.6. The van der Waals surface area contributed by atoms with Gasteiger partial charge in [-0.1, -0.05) is 55.7 Å². The molecule has 0 amide bonds. The molecule has 1 heterocycles. The Bertz CT molecular complexity index is 880. The van der Waals surface area contributed by atoms with Gasteiger partial charge in [0.25, 0.3) is 0 Å². The van der Waals surface area contributed by atoms with Gasteiger partial charge in [0.2, 0.25) is 0 Å². The van der Waals surface area contributed by atoms with Crippen LogP contribution >= 0.6 is 0 Å². The second kappa shape index (κ2) is 7.08. The predicted molar refractivity (Wildman–Crippen MR) is 106 cm³/mol. The van der Waals surface area contributed by atoms with E-state index in [0.717, 1.165) is 22.3 Å². The molecule has 2 aromatic carbocycles. The Labute approximate surface area is 155 Å². The zero-order chi connectivity index (χ0) is 18.0. The number of benzene rings is 2. The van der Waals surface area contributed by atoms with Crippen LogP contribution in [0, 0.1) is 0 Å². The summed E-state index contributed by atoms with van der Waals surface area (Å²) in [6.07, 6.45) is 6.67. The van der Waals surface area contributed by atoms with Crippen molar-refractivity contribution in [2.75, 3.05) is 0 Å². The van der Waals surface area contributed by atoms with Crippen LogP contribution in [0.25, 0.3) is 10.9 Å². The molecular weight excluding hydrogens is 320 g/mol. The van der Waals surface area contributed by atoms with Gasteiger partial charge >= 0.3 is 0 Å². The third kappa shape index (κ3) is 3.58. The monoisotopic (exact) mass is 346 g/mol. The molecule has 2 N–H and O–H groups in total. The fraction of sp³-hybridized carbons (Fsp3) is 0.348. The number of hydrogen-bond donors (Lipinski definition) is 1. The summed E-state index contributed by atoms with van der Waals surface area (Å²) in [7, 11) is 0. The summed E-state index contributed by atoms with van der Waals surface area (Å²) in [5.74, 6) is 1.48. The molecular formula is C23H26N2O. The highest BCUT2D eigenvalue weighted by Gasteiger charge is 2.25. The highest BCUT2D eigenvalue weighted by molar-refractivity contribution is 5.78. The lowest BCUT2D eigenvalue weighted by Gasteiger charge is -2.26. The van der Waals surface area contributed by atoms with E-state index in [1.54, 1.807) is 0 Å². The molecule has 4 rings (SSSR count). The van der Waals surface area contributed by atoms with E-state index in [1.165, 1.54) is 37.7 Å². The number of hydrogen-bond acceptors (Lipinski definition) is 3. The zero-order valence-corrected chi connectivity index (χ0v) is 15.3. The highest BCUT2D eigenvalue weighted by Crippen LogP contribution is 2.34. The summed E-state index contributed by atoms with van der Waals surface area (Å²) < 4.78 is 6.09. The van der Waals surface area contributed by atoms with Gasteiger partial charge in [-0.3, -0.25) is 5.73 Å². The standard InChI is InChI=1S/C23H26N2O/c1-23(24,22-16-13-19-9-5-6-10-21(19)25-22)26-20-14-11-18(12-15-20)17-7-3-2-4-8-17/h5-6,9-17H,2-4,7-8,24H2,1H3. The number of nitrogens with two attached hydrogens (primary N) is 1. The molecule has 3 aromatic rings. The maximum Gasteiger partial charge on any atom is 0.198 e. The fourth-order valence-corrected chi connectivity index (χ4v) is 3.88. The van der Waals surface area contributed by atoms with Crippen LogP contribution in [0.3, 0.4) is 0 Å². The van der Waals surface area contributed by atoms with Crippen molar-refractivity contribution in [2.45, 2.75) is 50.7 Å². The number of rotatable bonds is 4. The molecule has 3 nitrogen and oxygen atoms in total. The molecule has 1 atom stereocenters. The molecule has 1 aromatic heterocycles. The zero-order valence-electron chi connectivity index (χ0n) is 15.3. The number of para-hydroxylation sites is 1. The molecule has 1 saturated carbocycles. The second-order valence-electron chi connectivity index (χ2n) is 7.50. The Morgan fingerprint density at radius 1 is 0.923 bits per heavy atom. The molecule has 26 heavy (non-hydrogen) atoms. The average molecular weight is 346 g/mol. The van der Waals surface area contributed by atoms with E-state index in [1.807, 2.05) is 55.5 Å². The largest absolute Gasteiger partial charge is 0.467 e. The van der Waals surface area contributed by atoms with Gasteiger partial charge in [0.1, 0.15) is 5.75 Å². The maximum atomic E-state index is 6.46. The van der Waals surface area contributed by atoms with Gasteiger partial charge in [-0.05, 0) is 55.5 Å². The van der Waals surface area contributed by atoms with E-state index in [0.29, 0.717) is 5.92 Å². The Morgan fingerprint density at radius 3 is 2.42 bits per heavy atom. The summed E-state index contributed by atoms with van der Waals surface area (Å²) in [6.45, 7) is 1.86. The minimum atomic E-state index is -0.976. The summed E-state index contributed by atoms with van der Waals surface area (Å²) >= 11 is 0. The van der Waals surface area contributed by atoms with Gasteiger partial charge in [0.05, 0.1) is 11.2 Å². The molecule has 3 heteroatoms. The SMILES string of the molecule is CC(N)(Oc1ccc(C2CCCCC2)cc1)c1ccc2ccccc2n1. The predicted octanol–water partition coefficient (Wildman–Crippen LogP) is 5.49. The van der Waals surface area contributed by atoms with Crippen LogP contribution in [0.2, 0.25) is 0 Å². The Morgan fingerprint density at radius 2 is 1.65 bits per heavy atom. The van der Waals surface area contributed by atoms with Gasteiger partial charge in [0, 0.05) is 5.39 Å². The summed E-state index contributed by atoms with van der Waals surface area (Å²) in [5, 5.41) is 1.10. The summed E-state index contributed by atoms with van der Waals surface area (Å²) in [5.41, 5.74) is 8.56. The van der Waals surface area contributed by atoms with Crippen molar-refractivity contribution in [2.24, 2.45) is 5.73 Å². The molecule has 0 bridgehead atoms. The molecule has 1 aliphatic rings. The first kappa shape index (κ1) is 17.0. The Kier molecular flexibility index (Phi) is 4.64. The lowest BCUT2D eigenvalue weighted by molar-refractivity contribution is 0.0902. The Hall–Kier alpha value is -2.39. The van der Waals surface area contributed by atoms with E-state index in [-0.39, 0.29) is 0 Å². The van der Waals surface area contributed by atoms with Crippen molar-refractivity contribution in [1.29, 1.82) is 0 Å². The van der Waals surface area contributed by atoms with Crippen LogP contribution in [0.5, 0.6) is 5.75 Å². The van der Waals surface area contributed by atoms with Crippen LogP contribution in [-0.4, -0.2) is 4.98 Å². The van der Waals surface area contributed by atoms with E-state index < -0.39 is 5.72 Å². The minimum absolute atomic E-state index is 0.698. The number of fused-ring (bicyclic) bond motifs is 1. The van der Waals surface area contributed by atoms with E-state index in [9.17, 15) is 0 Å². The van der Waals surface area contributed by atoms with E-state index in [4.69, 9.17) is 10.5 Å². The normalized spacial score (nSPS) is 17.8. The lowest BCUT2D eigenvalue weighted by atomic mass is 9.84. The van der Waals surface area contributed by atoms with Crippen molar-refractivity contribution < 1.29 is 4.74 Å². The van der Waals surface area contributed by atoms with Crippen LogP contribution in [0.4, 0.5) is 0 Å². The van der Waals surface area contributed by atoms with Crippen molar-refractivity contribution in [3.63, 3.8) is 0 Å². The van der Waals surface area contributed by atoms with Crippen molar-refractivity contribution in [3.8, 4) is 5.75 Å². The number of pyridine rings is 1. The van der Waals surface area contributed by atoms with Crippen LogP contribution in [0.1, 0.15) is 56.2 Å². The van der Waals surface area contributed by atoms with E-state index in [2.05, 4.69) is 17.1 Å². The molecule has 1 unspecified atom stereocenters. The fourth-order valence-electron chi connectivity index (χ4n) is 3.88. The first-order valence-electron chi connectivity index (χ1n) is 9.56. The van der Waals surface area contributed by atoms with Crippen LogP contribution in [-0.2, 0) is 5.72 Å². The van der Waals surface area contributed by atoms with Crippen molar-refractivity contribution >= 4 is 10.9 Å². The molecule has 0 radical (unpaired) electrons. The quantitative estimate of drug-likeness (QED) is 0.635. The third-order valence-corrected chi connectivity index (χ3v) is 5.39. The molecule has 1 fully saturated rings. The van der Waals surface area contributed by atoms with Gasteiger partial charge in [0.15, 0.2) is 5.72 Å². The molecule has 0 saturated heterocycles. The topological polar surface area (TPSA) is 48.1 Å². The minimum Gasteiger partial charge on any atom is -0.467 e. The molecule has 0 spiro atoms. The number of aromatic nitrogens is 1. The molecule has 1 aliphatic carbocycles. The van der Waals surface area contributed by atoms with Gasteiger partial charge in [-0.25, -0.2) is 4.98 Å². The Balaban J connectivity index is 1.52.